The van der Waals surface area contributed by atoms with Crippen LogP contribution in [0.25, 0.3) is 11.4 Å². The maximum atomic E-state index is 13.0. The van der Waals surface area contributed by atoms with Crippen molar-refractivity contribution in [3.8, 4) is 11.4 Å². The molecule has 2 aromatic carbocycles. The molecule has 0 unspecified atom stereocenters. The standard InChI is InChI=1S/C15H12FN3O2S/c1-11-17-15(12-5-3-2-4-6-12)18-19(11)22(20,21)14-9-7-13(16)8-10-14/h2-10H,1H3. The summed E-state index contributed by atoms with van der Waals surface area (Å²) in [7, 11) is -3.90. The molecule has 3 rings (SSSR count). The predicted octanol–water partition coefficient (Wildman–Crippen LogP) is 2.63. The molecule has 0 saturated heterocycles. The minimum absolute atomic E-state index is 0.0403. The van der Waals surface area contributed by atoms with E-state index in [9.17, 15) is 12.8 Å². The fourth-order valence-corrected chi connectivity index (χ4v) is 3.27. The molecule has 22 heavy (non-hydrogen) atoms. The van der Waals surface area contributed by atoms with Gasteiger partial charge in [0.1, 0.15) is 11.6 Å². The van der Waals surface area contributed by atoms with E-state index in [1.807, 2.05) is 18.2 Å². The van der Waals surface area contributed by atoms with Crippen molar-refractivity contribution >= 4 is 10.0 Å². The lowest BCUT2D eigenvalue weighted by Crippen LogP contribution is -2.16. The SMILES string of the molecule is Cc1nc(-c2ccccc2)nn1S(=O)(=O)c1ccc(F)cc1. The maximum Gasteiger partial charge on any atom is 0.284 e. The van der Waals surface area contributed by atoms with Crippen molar-refractivity contribution < 1.29 is 12.8 Å². The molecule has 0 spiro atoms. The monoisotopic (exact) mass is 317 g/mol. The zero-order valence-electron chi connectivity index (χ0n) is 11.6. The summed E-state index contributed by atoms with van der Waals surface area (Å²) in [6.07, 6.45) is 0. The van der Waals surface area contributed by atoms with Crippen LogP contribution in [0.3, 0.4) is 0 Å². The van der Waals surface area contributed by atoms with E-state index in [1.54, 1.807) is 19.1 Å². The van der Waals surface area contributed by atoms with Gasteiger partial charge >= 0.3 is 0 Å². The molecule has 1 aromatic heterocycles. The molecular weight excluding hydrogens is 305 g/mol. The number of rotatable bonds is 3. The molecule has 5 nitrogen and oxygen atoms in total. The Morgan fingerprint density at radius 3 is 2.27 bits per heavy atom. The number of aromatic nitrogens is 3. The number of halogens is 1. The summed E-state index contributed by atoms with van der Waals surface area (Å²) in [5.74, 6) is 0.0613. The first-order chi connectivity index (χ1) is 10.5. The van der Waals surface area contributed by atoms with Gasteiger partial charge < -0.3 is 0 Å². The lowest BCUT2D eigenvalue weighted by Gasteiger charge is -2.04. The van der Waals surface area contributed by atoms with Crippen LogP contribution in [0, 0.1) is 12.7 Å². The van der Waals surface area contributed by atoms with Crippen molar-refractivity contribution in [2.75, 3.05) is 0 Å². The molecule has 0 amide bonds. The molecule has 1 heterocycles. The Morgan fingerprint density at radius 2 is 1.64 bits per heavy atom. The van der Waals surface area contributed by atoms with Crippen molar-refractivity contribution in [3.63, 3.8) is 0 Å². The zero-order valence-corrected chi connectivity index (χ0v) is 12.5. The second kappa shape index (κ2) is 5.34. The van der Waals surface area contributed by atoms with Gasteiger partial charge in [0.25, 0.3) is 10.0 Å². The van der Waals surface area contributed by atoms with Crippen LogP contribution in [0.15, 0.2) is 59.5 Å². The molecule has 3 aromatic rings. The highest BCUT2D eigenvalue weighted by atomic mass is 32.2. The lowest BCUT2D eigenvalue weighted by atomic mass is 10.2. The van der Waals surface area contributed by atoms with Crippen LogP contribution in [0.2, 0.25) is 0 Å². The fraction of sp³-hybridized carbons (Fsp3) is 0.0667. The molecule has 0 aliphatic heterocycles. The van der Waals surface area contributed by atoms with E-state index in [4.69, 9.17) is 0 Å². The largest absolute Gasteiger partial charge is 0.284 e. The van der Waals surface area contributed by atoms with E-state index in [0.717, 1.165) is 21.8 Å². The Balaban J connectivity index is 2.09. The Bertz CT molecular complexity index is 904. The highest BCUT2D eigenvalue weighted by Gasteiger charge is 2.22. The van der Waals surface area contributed by atoms with Gasteiger partial charge in [-0.25, -0.2) is 9.37 Å². The molecule has 0 aliphatic rings. The van der Waals surface area contributed by atoms with Gasteiger partial charge in [-0.05, 0) is 31.2 Å². The van der Waals surface area contributed by atoms with Gasteiger partial charge in [-0.3, -0.25) is 0 Å². The van der Waals surface area contributed by atoms with Crippen LogP contribution in [-0.4, -0.2) is 22.6 Å². The quantitative estimate of drug-likeness (QED) is 0.745. The van der Waals surface area contributed by atoms with Crippen molar-refractivity contribution in [2.45, 2.75) is 11.8 Å². The van der Waals surface area contributed by atoms with Gasteiger partial charge in [0.05, 0.1) is 4.90 Å². The van der Waals surface area contributed by atoms with Gasteiger partial charge in [-0.1, -0.05) is 30.3 Å². The third kappa shape index (κ3) is 2.50. The average Bonchev–Trinajstić information content (AvgIpc) is 2.91. The number of hydrogen-bond acceptors (Lipinski definition) is 4. The van der Waals surface area contributed by atoms with Gasteiger partial charge in [-0.15, -0.1) is 9.19 Å². The third-order valence-electron chi connectivity index (χ3n) is 3.10. The molecule has 112 valence electrons. The van der Waals surface area contributed by atoms with Crippen LogP contribution in [0.5, 0.6) is 0 Å². The third-order valence-corrected chi connectivity index (χ3v) is 4.77. The zero-order chi connectivity index (χ0) is 15.7. The van der Waals surface area contributed by atoms with E-state index in [0.29, 0.717) is 5.82 Å². The fourth-order valence-electron chi connectivity index (χ4n) is 2.02. The summed E-state index contributed by atoms with van der Waals surface area (Å²) in [5, 5.41) is 4.07. The van der Waals surface area contributed by atoms with Gasteiger partial charge in [0.15, 0.2) is 5.82 Å². The van der Waals surface area contributed by atoms with Crippen LogP contribution in [0.1, 0.15) is 5.82 Å². The number of hydrogen-bond donors (Lipinski definition) is 0. The Labute approximate surface area is 127 Å². The summed E-state index contributed by atoms with van der Waals surface area (Å²) >= 11 is 0. The van der Waals surface area contributed by atoms with Crippen LogP contribution < -0.4 is 0 Å². The number of aryl methyl sites for hydroxylation is 1. The van der Waals surface area contributed by atoms with Crippen molar-refractivity contribution in [2.24, 2.45) is 0 Å². The molecule has 0 fully saturated rings. The first kappa shape index (κ1) is 14.4. The van der Waals surface area contributed by atoms with Crippen LogP contribution in [-0.2, 0) is 10.0 Å². The molecule has 0 atom stereocenters. The smallest absolute Gasteiger partial charge is 0.211 e. The minimum atomic E-state index is -3.90. The molecule has 0 bridgehead atoms. The Hall–Kier alpha value is -2.54. The second-order valence-corrected chi connectivity index (χ2v) is 6.42. The van der Waals surface area contributed by atoms with Gasteiger partial charge in [-0.2, -0.15) is 8.42 Å². The van der Waals surface area contributed by atoms with Crippen molar-refractivity contribution in [1.82, 2.24) is 14.2 Å². The Kier molecular flexibility index (Phi) is 3.50. The number of nitrogens with zero attached hydrogens (tertiary/aromatic N) is 3. The normalized spacial score (nSPS) is 11.5. The second-order valence-electron chi connectivity index (χ2n) is 4.65. The molecule has 0 radical (unpaired) electrons. The highest BCUT2D eigenvalue weighted by Crippen LogP contribution is 2.19. The average molecular weight is 317 g/mol. The van der Waals surface area contributed by atoms with Gasteiger partial charge in [0.2, 0.25) is 0 Å². The van der Waals surface area contributed by atoms with Crippen molar-refractivity contribution in [3.05, 3.63) is 66.2 Å². The van der Waals surface area contributed by atoms with Crippen LogP contribution in [0.4, 0.5) is 4.39 Å². The first-order valence-corrected chi connectivity index (χ1v) is 7.93. The molecule has 0 N–H and O–H groups in total. The summed E-state index contributed by atoms with van der Waals surface area (Å²) in [6.45, 7) is 1.56. The summed E-state index contributed by atoms with van der Waals surface area (Å²) in [4.78, 5) is 4.15. The summed E-state index contributed by atoms with van der Waals surface area (Å²) in [5.41, 5.74) is 0.721. The topological polar surface area (TPSA) is 64.8 Å². The molecule has 7 heteroatoms. The molecule has 0 aliphatic carbocycles. The van der Waals surface area contributed by atoms with E-state index < -0.39 is 15.8 Å². The molecular formula is C15H12FN3O2S. The van der Waals surface area contributed by atoms with Gasteiger partial charge in [0, 0.05) is 5.56 Å². The van der Waals surface area contributed by atoms with Crippen LogP contribution >= 0.6 is 0 Å². The molecule has 0 saturated carbocycles. The van der Waals surface area contributed by atoms with E-state index in [2.05, 4.69) is 10.1 Å². The lowest BCUT2D eigenvalue weighted by molar-refractivity contribution is 0.577. The Morgan fingerprint density at radius 1 is 1.00 bits per heavy atom. The van der Waals surface area contributed by atoms with E-state index in [1.165, 1.54) is 12.1 Å². The minimum Gasteiger partial charge on any atom is -0.211 e. The van der Waals surface area contributed by atoms with E-state index >= 15 is 0 Å². The predicted molar refractivity (Wildman–Crippen MR) is 79.2 cm³/mol. The summed E-state index contributed by atoms with van der Waals surface area (Å²) in [6, 6.07) is 13.7. The van der Waals surface area contributed by atoms with Crippen molar-refractivity contribution in [1.29, 1.82) is 0 Å². The highest BCUT2D eigenvalue weighted by molar-refractivity contribution is 7.89. The summed E-state index contributed by atoms with van der Waals surface area (Å²) < 4.78 is 38.9. The van der Waals surface area contributed by atoms with E-state index in [-0.39, 0.29) is 10.7 Å². The maximum absolute atomic E-state index is 13.0. The number of benzene rings is 2. The first-order valence-electron chi connectivity index (χ1n) is 6.49.